The van der Waals surface area contributed by atoms with Crippen molar-refractivity contribution >= 4 is 29.1 Å². The maximum atomic E-state index is 11.8. The maximum Gasteiger partial charge on any atom is 0.313 e. The molecule has 1 heterocycles. The highest BCUT2D eigenvalue weighted by Gasteiger charge is 2.21. The van der Waals surface area contributed by atoms with Crippen molar-refractivity contribution in [3.05, 3.63) is 23.8 Å². The summed E-state index contributed by atoms with van der Waals surface area (Å²) in [5, 5.41) is 5.03. The molecule has 0 radical (unpaired) electrons. The van der Waals surface area contributed by atoms with Crippen LogP contribution in [0.4, 0.5) is 11.4 Å². The van der Waals surface area contributed by atoms with Crippen LogP contribution in [0.5, 0.6) is 0 Å². The lowest BCUT2D eigenvalue weighted by molar-refractivity contribution is -0.136. The molecule has 7 heteroatoms. The molecule has 0 saturated carbocycles. The van der Waals surface area contributed by atoms with Crippen molar-refractivity contribution in [1.29, 1.82) is 0 Å². The smallest absolute Gasteiger partial charge is 0.313 e. The fourth-order valence-electron chi connectivity index (χ4n) is 2.54. The van der Waals surface area contributed by atoms with Crippen LogP contribution in [0.1, 0.15) is 18.9 Å². The Kier molecular flexibility index (Phi) is 5.70. The number of hydrogen-bond acceptors (Lipinski definition) is 4. The molecule has 0 unspecified atom stereocenters. The largest absolute Gasteiger partial charge is 0.383 e. The maximum absolute atomic E-state index is 11.8. The monoisotopic (exact) mass is 319 g/mol. The Morgan fingerprint density at radius 2 is 2.04 bits per heavy atom. The van der Waals surface area contributed by atoms with Gasteiger partial charge in [-0.25, -0.2) is 0 Å². The predicted molar refractivity (Wildman–Crippen MR) is 86.3 cm³/mol. The van der Waals surface area contributed by atoms with Gasteiger partial charge in [0, 0.05) is 38.5 Å². The summed E-state index contributed by atoms with van der Waals surface area (Å²) in [5.74, 6) is -1.43. The van der Waals surface area contributed by atoms with E-state index in [1.54, 1.807) is 17.0 Å². The molecular weight excluding hydrogens is 298 g/mol. The van der Waals surface area contributed by atoms with Crippen molar-refractivity contribution in [2.24, 2.45) is 0 Å². The van der Waals surface area contributed by atoms with Gasteiger partial charge in [-0.2, -0.15) is 0 Å². The first kappa shape index (κ1) is 17.0. The van der Waals surface area contributed by atoms with Gasteiger partial charge in [-0.15, -0.1) is 0 Å². The van der Waals surface area contributed by atoms with E-state index in [2.05, 4.69) is 10.6 Å². The Hall–Kier alpha value is -2.41. The molecule has 1 aromatic rings. The molecule has 0 saturated heterocycles. The molecule has 124 valence electrons. The Morgan fingerprint density at radius 1 is 1.26 bits per heavy atom. The SMILES string of the molecule is COCCNC(=O)C(=O)Nc1ccc2c(c1)CCCN2C(C)=O. The van der Waals surface area contributed by atoms with E-state index in [0.717, 1.165) is 24.1 Å². The first-order chi connectivity index (χ1) is 11.0. The topological polar surface area (TPSA) is 87.7 Å². The molecule has 0 spiro atoms. The van der Waals surface area contributed by atoms with Gasteiger partial charge in [-0.05, 0) is 36.6 Å². The van der Waals surface area contributed by atoms with Gasteiger partial charge in [0.15, 0.2) is 0 Å². The van der Waals surface area contributed by atoms with Crippen LogP contribution < -0.4 is 15.5 Å². The van der Waals surface area contributed by atoms with Gasteiger partial charge in [-0.3, -0.25) is 14.4 Å². The lowest BCUT2D eigenvalue weighted by atomic mass is 10.0. The minimum absolute atomic E-state index is 0.000237. The van der Waals surface area contributed by atoms with Crippen LogP contribution in [0.15, 0.2) is 18.2 Å². The molecule has 0 aromatic heterocycles. The minimum atomic E-state index is -0.722. The molecule has 1 aromatic carbocycles. The normalized spacial score (nSPS) is 13.2. The zero-order chi connectivity index (χ0) is 16.8. The van der Waals surface area contributed by atoms with Crippen LogP contribution in [0, 0.1) is 0 Å². The lowest BCUT2D eigenvalue weighted by Crippen LogP contribution is -2.37. The van der Waals surface area contributed by atoms with E-state index in [1.165, 1.54) is 14.0 Å². The van der Waals surface area contributed by atoms with E-state index >= 15 is 0 Å². The molecule has 2 rings (SSSR count). The van der Waals surface area contributed by atoms with Crippen molar-refractivity contribution in [2.75, 3.05) is 37.0 Å². The summed E-state index contributed by atoms with van der Waals surface area (Å²) in [6, 6.07) is 5.31. The zero-order valence-electron chi connectivity index (χ0n) is 13.3. The van der Waals surface area contributed by atoms with Gasteiger partial charge in [0.25, 0.3) is 0 Å². The Bertz CT molecular complexity index is 615. The molecule has 7 nitrogen and oxygen atoms in total. The van der Waals surface area contributed by atoms with E-state index in [4.69, 9.17) is 4.74 Å². The molecule has 0 aliphatic carbocycles. The van der Waals surface area contributed by atoms with Crippen LogP contribution in [-0.4, -0.2) is 44.5 Å². The quantitative estimate of drug-likeness (QED) is 0.631. The second-order valence-corrected chi connectivity index (χ2v) is 5.32. The lowest BCUT2D eigenvalue weighted by Gasteiger charge is -2.28. The second kappa shape index (κ2) is 7.73. The molecule has 3 amide bonds. The van der Waals surface area contributed by atoms with Crippen molar-refractivity contribution in [2.45, 2.75) is 19.8 Å². The number of carbonyl (C=O) groups excluding carboxylic acids is 3. The van der Waals surface area contributed by atoms with Crippen molar-refractivity contribution in [3.8, 4) is 0 Å². The Balaban J connectivity index is 2.03. The molecule has 0 fully saturated rings. The van der Waals surface area contributed by atoms with Gasteiger partial charge < -0.3 is 20.3 Å². The summed E-state index contributed by atoms with van der Waals surface area (Å²) in [4.78, 5) is 36.8. The van der Waals surface area contributed by atoms with Crippen LogP contribution in [0.2, 0.25) is 0 Å². The summed E-state index contributed by atoms with van der Waals surface area (Å²) in [7, 11) is 1.52. The summed E-state index contributed by atoms with van der Waals surface area (Å²) in [5.41, 5.74) is 2.40. The van der Waals surface area contributed by atoms with Crippen LogP contribution in [0.3, 0.4) is 0 Å². The summed E-state index contributed by atoms with van der Waals surface area (Å²) >= 11 is 0. The molecule has 2 N–H and O–H groups in total. The molecule has 1 aliphatic heterocycles. The number of benzene rings is 1. The van der Waals surface area contributed by atoms with E-state index in [0.29, 0.717) is 18.8 Å². The number of rotatable bonds is 4. The van der Waals surface area contributed by atoms with Gasteiger partial charge in [0.05, 0.1) is 6.61 Å². The highest BCUT2D eigenvalue weighted by Crippen LogP contribution is 2.29. The number of methoxy groups -OCH3 is 1. The minimum Gasteiger partial charge on any atom is -0.383 e. The average Bonchev–Trinajstić information content (AvgIpc) is 2.54. The number of nitrogens with one attached hydrogen (secondary N) is 2. The van der Waals surface area contributed by atoms with E-state index < -0.39 is 11.8 Å². The first-order valence-corrected chi connectivity index (χ1v) is 7.52. The van der Waals surface area contributed by atoms with Crippen molar-refractivity contribution in [3.63, 3.8) is 0 Å². The van der Waals surface area contributed by atoms with Crippen molar-refractivity contribution in [1.82, 2.24) is 5.32 Å². The summed E-state index contributed by atoms with van der Waals surface area (Å²) in [6.07, 6.45) is 1.71. The number of amides is 3. The Labute approximate surface area is 135 Å². The van der Waals surface area contributed by atoms with Crippen LogP contribution in [0.25, 0.3) is 0 Å². The van der Waals surface area contributed by atoms with Crippen molar-refractivity contribution < 1.29 is 19.1 Å². The number of aryl methyl sites for hydroxylation is 1. The number of fused-ring (bicyclic) bond motifs is 1. The molecule has 0 bridgehead atoms. The van der Waals surface area contributed by atoms with E-state index in [1.807, 2.05) is 6.07 Å². The number of ether oxygens (including phenoxy) is 1. The summed E-state index contributed by atoms with van der Waals surface area (Å²) < 4.78 is 4.80. The fraction of sp³-hybridized carbons (Fsp3) is 0.438. The third kappa shape index (κ3) is 4.29. The highest BCUT2D eigenvalue weighted by molar-refractivity contribution is 6.39. The van der Waals surface area contributed by atoms with E-state index in [-0.39, 0.29) is 12.5 Å². The molecule has 0 atom stereocenters. The Morgan fingerprint density at radius 3 is 2.74 bits per heavy atom. The highest BCUT2D eigenvalue weighted by atomic mass is 16.5. The van der Waals surface area contributed by atoms with Crippen LogP contribution in [-0.2, 0) is 25.5 Å². The number of hydrogen-bond donors (Lipinski definition) is 2. The van der Waals surface area contributed by atoms with Gasteiger partial charge >= 0.3 is 11.8 Å². The van der Waals surface area contributed by atoms with E-state index in [9.17, 15) is 14.4 Å². The number of carbonyl (C=O) groups is 3. The molecule has 1 aliphatic rings. The molecular formula is C16H21N3O4. The number of anilines is 2. The van der Waals surface area contributed by atoms with Gasteiger partial charge in [0.2, 0.25) is 5.91 Å². The molecule has 23 heavy (non-hydrogen) atoms. The fourth-order valence-corrected chi connectivity index (χ4v) is 2.54. The predicted octanol–water partition coefficient (Wildman–Crippen LogP) is 0.687. The summed E-state index contributed by atoms with van der Waals surface area (Å²) in [6.45, 7) is 2.87. The van der Waals surface area contributed by atoms with Gasteiger partial charge in [-0.1, -0.05) is 0 Å². The van der Waals surface area contributed by atoms with Gasteiger partial charge in [0.1, 0.15) is 0 Å². The third-order valence-corrected chi connectivity index (χ3v) is 3.63. The zero-order valence-corrected chi connectivity index (χ0v) is 13.3. The second-order valence-electron chi connectivity index (χ2n) is 5.32. The average molecular weight is 319 g/mol. The standard InChI is InChI=1S/C16H21N3O4/c1-11(20)19-8-3-4-12-10-13(5-6-14(12)19)18-16(22)15(21)17-7-9-23-2/h5-6,10H,3-4,7-9H2,1-2H3,(H,17,21)(H,18,22). The number of nitrogens with zero attached hydrogens (tertiary/aromatic N) is 1. The first-order valence-electron chi connectivity index (χ1n) is 7.52. The van der Waals surface area contributed by atoms with Crippen LogP contribution >= 0.6 is 0 Å². The third-order valence-electron chi connectivity index (χ3n) is 3.63.